The molecule has 0 fully saturated rings. The van der Waals surface area contributed by atoms with Gasteiger partial charge in [0.15, 0.2) is 0 Å². The third-order valence-corrected chi connectivity index (χ3v) is 6.64. The summed E-state index contributed by atoms with van der Waals surface area (Å²) in [5.41, 5.74) is 11.9. The van der Waals surface area contributed by atoms with Gasteiger partial charge >= 0.3 is 0 Å². The Labute approximate surface area is 208 Å². The summed E-state index contributed by atoms with van der Waals surface area (Å²) in [4.78, 5) is 27.4. The maximum absolute atomic E-state index is 12.8. The topological polar surface area (TPSA) is 87.9 Å². The molecular weight excluding hydrogens is 546 g/mol. The minimum Gasteiger partial charge on any atom is -0.399 e. The highest BCUT2D eigenvalue weighted by molar-refractivity contribution is 9.11. The summed E-state index contributed by atoms with van der Waals surface area (Å²) in [6.45, 7) is 2.14. The standard InChI is InChI=1S/C25H21Br2N5O/c26-18-9-17(10-19(27)11-18)22-6-1-15(12-29-22)13-32-8-7-23-21(14-32)25(33)31-24(30-23)16-2-4-20(28)5-3-16/h1-6,9-12H,7-8,13-14,28H2,(H,30,31,33). The van der Waals surface area contributed by atoms with Crippen LogP contribution in [0.4, 0.5) is 5.69 Å². The van der Waals surface area contributed by atoms with E-state index >= 15 is 0 Å². The Bertz CT molecular complexity index is 1350. The summed E-state index contributed by atoms with van der Waals surface area (Å²) in [5.74, 6) is 0.589. The zero-order valence-corrected chi connectivity index (χ0v) is 20.9. The molecular formula is C25H21Br2N5O. The fourth-order valence-corrected chi connectivity index (χ4v) is 5.34. The number of nitrogens with one attached hydrogen (secondary N) is 1. The van der Waals surface area contributed by atoms with Gasteiger partial charge in [-0.1, -0.05) is 37.9 Å². The molecule has 2 aromatic heterocycles. The lowest BCUT2D eigenvalue weighted by Gasteiger charge is -2.27. The zero-order valence-electron chi connectivity index (χ0n) is 17.7. The highest BCUT2D eigenvalue weighted by atomic mass is 79.9. The van der Waals surface area contributed by atoms with Crippen molar-refractivity contribution >= 4 is 37.5 Å². The van der Waals surface area contributed by atoms with Crippen LogP contribution in [0.3, 0.4) is 0 Å². The summed E-state index contributed by atoms with van der Waals surface area (Å²) in [7, 11) is 0. The van der Waals surface area contributed by atoms with Crippen LogP contribution in [0.1, 0.15) is 16.8 Å². The third-order valence-electron chi connectivity index (χ3n) is 5.72. The molecule has 2 aromatic carbocycles. The molecule has 0 bridgehead atoms. The number of H-pyrrole nitrogens is 1. The number of rotatable bonds is 4. The Morgan fingerprint density at radius 3 is 2.45 bits per heavy atom. The fraction of sp³-hybridized carbons (Fsp3) is 0.160. The number of nitrogen functional groups attached to an aromatic ring is 1. The first-order chi connectivity index (χ1) is 15.9. The quantitative estimate of drug-likeness (QED) is 0.333. The molecule has 0 unspecified atom stereocenters. The molecule has 5 rings (SSSR count). The molecule has 0 aliphatic carbocycles. The van der Waals surface area contributed by atoms with Gasteiger partial charge in [-0.2, -0.15) is 0 Å². The number of anilines is 1. The Morgan fingerprint density at radius 2 is 1.76 bits per heavy atom. The molecule has 0 radical (unpaired) electrons. The van der Waals surface area contributed by atoms with Gasteiger partial charge in [-0.05, 0) is 54.1 Å². The van der Waals surface area contributed by atoms with Crippen molar-refractivity contribution in [2.45, 2.75) is 19.5 Å². The van der Waals surface area contributed by atoms with Crippen LogP contribution in [0, 0.1) is 0 Å². The molecule has 6 nitrogen and oxygen atoms in total. The van der Waals surface area contributed by atoms with E-state index in [1.807, 2.05) is 54.7 Å². The van der Waals surface area contributed by atoms with Gasteiger partial charge in [0, 0.05) is 58.0 Å². The minimum atomic E-state index is -0.0785. The van der Waals surface area contributed by atoms with E-state index in [2.05, 4.69) is 52.8 Å². The zero-order chi connectivity index (χ0) is 22.9. The monoisotopic (exact) mass is 565 g/mol. The molecule has 0 spiro atoms. The maximum Gasteiger partial charge on any atom is 0.255 e. The molecule has 3 heterocycles. The number of hydrogen-bond donors (Lipinski definition) is 2. The van der Waals surface area contributed by atoms with Crippen molar-refractivity contribution in [3.63, 3.8) is 0 Å². The lowest BCUT2D eigenvalue weighted by Crippen LogP contribution is -2.35. The first-order valence-electron chi connectivity index (χ1n) is 10.6. The number of benzene rings is 2. The van der Waals surface area contributed by atoms with Crippen molar-refractivity contribution in [3.8, 4) is 22.6 Å². The van der Waals surface area contributed by atoms with E-state index in [-0.39, 0.29) is 5.56 Å². The van der Waals surface area contributed by atoms with E-state index in [1.165, 1.54) is 0 Å². The van der Waals surface area contributed by atoms with Crippen molar-refractivity contribution in [2.24, 2.45) is 0 Å². The van der Waals surface area contributed by atoms with Crippen LogP contribution in [-0.2, 0) is 19.5 Å². The first-order valence-corrected chi connectivity index (χ1v) is 12.1. The van der Waals surface area contributed by atoms with Crippen LogP contribution in [-0.4, -0.2) is 26.4 Å². The summed E-state index contributed by atoms with van der Waals surface area (Å²) in [6, 6.07) is 17.6. The normalized spacial score (nSPS) is 13.6. The predicted molar refractivity (Wildman–Crippen MR) is 138 cm³/mol. The average Bonchev–Trinajstić information content (AvgIpc) is 2.80. The van der Waals surface area contributed by atoms with Crippen molar-refractivity contribution in [1.82, 2.24) is 19.9 Å². The number of hydrogen-bond acceptors (Lipinski definition) is 5. The van der Waals surface area contributed by atoms with Gasteiger partial charge in [0.1, 0.15) is 5.82 Å². The number of aromatic nitrogens is 3. The first kappa shape index (κ1) is 22.0. The maximum atomic E-state index is 12.8. The molecule has 4 aromatic rings. The van der Waals surface area contributed by atoms with Gasteiger partial charge < -0.3 is 10.7 Å². The van der Waals surface area contributed by atoms with Gasteiger partial charge in [0.25, 0.3) is 5.56 Å². The summed E-state index contributed by atoms with van der Waals surface area (Å²) in [6.07, 6.45) is 2.64. The van der Waals surface area contributed by atoms with E-state index in [0.29, 0.717) is 18.1 Å². The van der Waals surface area contributed by atoms with Crippen molar-refractivity contribution in [3.05, 3.63) is 96.9 Å². The van der Waals surface area contributed by atoms with Crippen LogP contribution in [0.15, 0.2) is 74.5 Å². The van der Waals surface area contributed by atoms with E-state index in [4.69, 9.17) is 10.7 Å². The molecule has 166 valence electrons. The molecule has 33 heavy (non-hydrogen) atoms. The molecule has 1 aliphatic rings. The fourth-order valence-electron chi connectivity index (χ4n) is 4.04. The van der Waals surface area contributed by atoms with Crippen LogP contribution < -0.4 is 11.3 Å². The lowest BCUT2D eigenvalue weighted by molar-refractivity contribution is 0.241. The molecule has 1 aliphatic heterocycles. The number of nitrogens with zero attached hydrogens (tertiary/aromatic N) is 3. The number of aromatic amines is 1. The second-order valence-electron chi connectivity index (χ2n) is 8.13. The smallest absolute Gasteiger partial charge is 0.255 e. The Kier molecular flexibility index (Phi) is 6.14. The Hall–Kier alpha value is -2.81. The van der Waals surface area contributed by atoms with Gasteiger partial charge in [-0.15, -0.1) is 0 Å². The molecule has 0 saturated heterocycles. The molecule has 0 atom stereocenters. The van der Waals surface area contributed by atoms with E-state index < -0.39 is 0 Å². The SMILES string of the molecule is Nc1ccc(-c2nc3c(c(=O)[nH]2)CN(Cc2ccc(-c4cc(Br)cc(Br)c4)nc2)CC3)cc1. The Morgan fingerprint density at radius 1 is 1.00 bits per heavy atom. The van der Waals surface area contributed by atoms with Gasteiger partial charge in [0.05, 0.1) is 17.0 Å². The van der Waals surface area contributed by atoms with Crippen molar-refractivity contribution in [2.75, 3.05) is 12.3 Å². The summed E-state index contributed by atoms with van der Waals surface area (Å²) in [5, 5.41) is 0. The highest BCUT2D eigenvalue weighted by Crippen LogP contribution is 2.27. The average molecular weight is 567 g/mol. The van der Waals surface area contributed by atoms with Crippen molar-refractivity contribution in [1.29, 1.82) is 0 Å². The van der Waals surface area contributed by atoms with E-state index in [9.17, 15) is 4.79 Å². The lowest BCUT2D eigenvalue weighted by atomic mass is 10.1. The number of fused-ring (bicyclic) bond motifs is 1. The molecule has 0 saturated carbocycles. The summed E-state index contributed by atoms with van der Waals surface area (Å²) >= 11 is 7.05. The molecule has 8 heteroatoms. The molecule has 3 N–H and O–H groups in total. The summed E-state index contributed by atoms with van der Waals surface area (Å²) < 4.78 is 2.01. The molecule has 0 amide bonds. The second kappa shape index (κ2) is 9.21. The largest absolute Gasteiger partial charge is 0.399 e. The van der Waals surface area contributed by atoms with Crippen LogP contribution in [0.5, 0.6) is 0 Å². The highest BCUT2D eigenvalue weighted by Gasteiger charge is 2.21. The predicted octanol–water partition coefficient (Wildman–Crippen LogP) is 5.16. The number of halogens is 2. The van der Waals surface area contributed by atoms with Crippen molar-refractivity contribution < 1.29 is 0 Å². The van der Waals surface area contributed by atoms with E-state index in [1.54, 1.807) is 0 Å². The van der Waals surface area contributed by atoms with Crippen LogP contribution >= 0.6 is 31.9 Å². The van der Waals surface area contributed by atoms with Gasteiger partial charge in [-0.3, -0.25) is 14.7 Å². The van der Waals surface area contributed by atoms with Gasteiger partial charge in [-0.25, -0.2) is 4.98 Å². The van der Waals surface area contributed by atoms with E-state index in [0.717, 1.165) is 62.1 Å². The van der Waals surface area contributed by atoms with Gasteiger partial charge in [0.2, 0.25) is 0 Å². The van der Waals surface area contributed by atoms with Crippen LogP contribution in [0.2, 0.25) is 0 Å². The number of nitrogens with two attached hydrogens (primary N) is 1. The third kappa shape index (κ3) is 4.93. The number of pyridine rings is 1. The second-order valence-corrected chi connectivity index (χ2v) is 9.96. The minimum absolute atomic E-state index is 0.0785. The Balaban J connectivity index is 1.31. The van der Waals surface area contributed by atoms with Crippen LogP contribution in [0.25, 0.3) is 22.6 Å².